The Labute approximate surface area is 189 Å². The number of pyridine rings is 2. The van der Waals surface area contributed by atoms with Gasteiger partial charge in [-0.1, -0.05) is 29.3 Å². The van der Waals surface area contributed by atoms with Gasteiger partial charge in [0.25, 0.3) is 5.56 Å². The van der Waals surface area contributed by atoms with E-state index in [0.29, 0.717) is 16.6 Å². The Hall–Kier alpha value is -2.80. The van der Waals surface area contributed by atoms with Gasteiger partial charge in [0.05, 0.1) is 37.3 Å². The molecule has 158 valence electrons. The highest BCUT2D eigenvalue weighted by Crippen LogP contribution is 2.24. The minimum absolute atomic E-state index is 0.115. The van der Waals surface area contributed by atoms with Gasteiger partial charge in [-0.15, -0.1) is 0 Å². The smallest absolute Gasteiger partial charge is 0.252 e. The van der Waals surface area contributed by atoms with Crippen LogP contribution in [0.2, 0.25) is 10.0 Å². The van der Waals surface area contributed by atoms with Gasteiger partial charge in [0.1, 0.15) is 5.65 Å². The number of morpholine rings is 1. The van der Waals surface area contributed by atoms with Gasteiger partial charge in [-0.25, -0.2) is 4.98 Å². The van der Waals surface area contributed by atoms with Gasteiger partial charge in [-0.05, 0) is 35.9 Å². The first-order chi connectivity index (χ1) is 15.1. The van der Waals surface area contributed by atoms with E-state index < -0.39 is 0 Å². The molecule has 6 nitrogen and oxygen atoms in total. The van der Waals surface area contributed by atoms with Gasteiger partial charge in [0, 0.05) is 47.0 Å². The maximum Gasteiger partial charge on any atom is 0.252 e. The fourth-order valence-electron chi connectivity index (χ4n) is 3.83. The summed E-state index contributed by atoms with van der Waals surface area (Å²) in [4.78, 5) is 19.7. The Morgan fingerprint density at radius 2 is 1.81 bits per heavy atom. The molecule has 1 saturated heterocycles. The van der Waals surface area contributed by atoms with Crippen molar-refractivity contribution in [1.82, 2.24) is 14.1 Å². The van der Waals surface area contributed by atoms with Gasteiger partial charge in [-0.3, -0.25) is 4.79 Å². The second-order valence-corrected chi connectivity index (χ2v) is 8.32. The lowest BCUT2D eigenvalue weighted by Crippen LogP contribution is -2.36. The molecular formula is C23H20Cl2N4O2. The topological polar surface area (TPSA) is 52.3 Å². The first-order valence-corrected chi connectivity index (χ1v) is 10.8. The number of nitrogens with zero attached hydrogens (tertiary/aromatic N) is 4. The maximum atomic E-state index is 12.8. The zero-order valence-electron chi connectivity index (χ0n) is 16.7. The van der Waals surface area contributed by atoms with Crippen molar-refractivity contribution >= 4 is 39.9 Å². The molecule has 1 aliphatic rings. The van der Waals surface area contributed by atoms with Crippen molar-refractivity contribution in [3.63, 3.8) is 0 Å². The highest BCUT2D eigenvalue weighted by molar-refractivity contribution is 6.35. The van der Waals surface area contributed by atoms with Crippen molar-refractivity contribution in [2.45, 2.75) is 6.54 Å². The molecule has 0 unspecified atom stereocenters. The third-order valence-corrected chi connectivity index (χ3v) is 6.09. The number of hydrogen-bond donors (Lipinski definition) is 0. The third kappa shape index (κ3) is 4.06. The van der Waals surface area contributed by atoms with Crippen LogP contribution in [-0.2, 0) is 11.3 Å². The summed E-state index contributed by atoms with van der Waals surface area (Å²) in [7, 11) is 0. The largest absolute Gasteiger partial charge is 0.378 e. The molecule has 4 heterocycles. The Bertz CT molecular complexity index is 1310. The number of anilines is 1. The lowest BCUT2D eigenvalue weighted by Gasteiger charge is -2.28. The van der Waals surface area contributed by atoms with E-state index in [1.165, 1.54) is 0 Å². The number of benzene rings is 1. The third-order valence-electron chi connectivity index (χ3n) is 5.50. The number of halogens is 2. The van der Waals surface area contributed by atoms with Crippen molar-refractivity contribution < 1.29 is 4.74 Å². The summed E-state index contributed by atoms with van der Waals surface area (Å²) in [6.45, 7) is 3.57. The summed E-state index contributed by atoms with van der Waals surface area (Å²) >= 11 is 12.2. The van der Waals surface area contributed by atoms with Crippen LogP contribution in [0.1, 0.15) is 5.56 Å². The molecule has 0 radical (unpaired) electrons. The summed E-state index contributed by atoms with van der Waals surface area (Å²) in [6.07, 6.45) is 5.60. The average molecular weight is 455 g/mol. The molecule has 8 heteroatoms. The SMILES string of the molecule is O=c1cc(-n2ccc3cc(N4CCOCC4)cnc32)ccn1Cc1ccc(Cl)cc1Cl. The van der Waals surface area contributed by atoms with Crippen LogP contribution in [0.5, 0.6) is 0 Å². The summed E-state index contributed by atoms with van der Waals surface area (Å²) < 4.78 is 8.98. The Morgan fingerprint density at radius 1 is 0.968 bits per heavy atom. The van der Waals surface area contributed by atoms with Gasteiger partial charge in [0.15, 0.2) is 0 Å². The maximum absolute atomic E-state index is 12.8. The molecule has 4 aromatic rings. The zero-order valence-corrected chi connectivity index (χ0v) is 18.2. The van der Waals surface area contributed by atoms with E-state index in [2.05, 4.69) is 16.0 Å². The second-order valence-electron chi connectivity index (χ2n) is 7.48. The monoisotopic (exact) mass is 454 g/mol. The van der Waals surface area contributed by atoms with E-state index in [0.717, 1.165) is 54.3 Å². The fourth-order valence-corrected chi connectivity index (χ4v) is 4.29. The number of ether oxygens (including phenoxy) is 1. The molecule has 0 saturated carbocycles. The van der Waals surface area contributed by atoms with E-state index in [9.17, 15) is 4.79 Å². The minimum atomic E-state index is -0.115. The van der Waals surface area contributed by atoms with Gasteiger partial charge >= 0.3 is 0 Å². The molecule has 1 aliphatic heterocycles. The summed E-state index contributed by atoms with van der Waals surface area (Å²) in [6, 6.07) is 13.0. The Morgan fingerprint density at radius 3 is 2.58 bits per heavy atom. The molecule has 0 bridgehead atoms. The molecule has 1 aromatic carbocycles. The summed E-state index contributed by atoms with van der Waals surface area (Å²) in [5.74, 6) is 0. The van der Waals surface area contributed by atoms with Crippen molar-refractivity contribution in [3.8, 4) is 5.69 Å². The normalized spacial score (nSPS) is 14.3. The predicted molar refractivity (Wildman–Crippen MR) is 124 cm³/mol. The quantitative estimate of drug-likeness (QED) is 0.459. The highest BCUT2D eigenvalue weighted by Gasteiger charge is 2.14. The summed E-state index contributed by atoms with van der Waals surface area (Å²) in [5, 5.41) is 2.14. The van der Waals surface area contributed by atoms with Crippen LogP contribution in [0.3, 0.4) is 0 Å². The van der Waals surface area contributed by atoms with E-state index in [1.54, 1.807) is 29.0 Å². The number of rotatable bonds is 4. The van der Waals surface area contributed by atoms with E-state index >= 15 is 0 Å². The molecule has 3 aromatic heterocycles. The molecule has 0 atom stereocenters. The average Bonchev–Trinajstić information content (AvgIpc) is 3.21. The molecule has 0 spiro atoms. The number of hydrogen-bond acceptors (Lipinski definition) is 4. The van der Waals surface area contributed by atoms with Crippen LogP contribution in [0.15, 0.2) is 65.8 Å². The standard InChI is InChI=1S/C23H20Cl2N4O2/c24-18-2-1-17(21(25)12-18)15-28-5-4-19(13-22(28)30)29-6-3-16-11-20(14-26-23(16)29)27-7-9-31-10-8-27/h1-6,11-14H,7-10,15H2. The number of aromatic nitrogens is 3. The first-order valence-electron chi connectivity index (χ1n) is 10.0. The highest BCUT2D eigenvalue weighted by atomic mass is 35.5. The molecule has 0 N–H and O–H groups in total. The van der Waals surface area contributed by atoms with E-state index in [-0.39, 0.29) is 5.56 Å². The van der Waals surface area contributed by atoms with Gasteiger partial charge < -0.3 is 18.8 Å². The first kappa shape index (κ1) is 20.1. The van der Waals surface area contributed by atoms with Crippen molar-refractivity contribution in [3.05, 3.63) is 87.0 Å². The minimum Gasteiger partial charge on any atom is -0.378 e. The van der Waals surface area contributed by atoms with Gasteiger partial charge in [-0.2, -0.15) is 0 Å². The molecule has 31 heavy (non-hydrogen) atoms. The van der Waals surface area contributed by atoms with Crippen molar-refractivity contribution in [2.75, 3.05) is 31.2 Å². The fraction of sp³-hybridized carbons (Fsp3) is 0.217. The molecule has 5 rings (SSSR count). The van der Waals surface area contributed by atoms with E-state index in [4.69, 9.17) is 27.9 Å². The van der Waals surface area contributed by atoms with Crippen LogP contribution >= 0.6 is 23.2 Å². The van der Waals surface area contributed by atoms with Crippen molar-refractivity contribution in [1.29, 1.82) is 0 Å². The van der Waals surface area contributed by atoms with Crippen molar-refractivity contribution in [2.24, 2.45) is 0 Å². The molecule has 0 aliphatic carbocycles. The predicted octanol–water partition coefficient (Wildman–Crippen LogP) is 4.38. The lowest BCUT2D eigenvalue weighted by molar-refractivity contribution is 0.122. The zero-order chi connectivity index (χ0) is 21.4. The second kappa shape index (κ2) is 8.38. The van der Waals surface area contributed by atoms with Crippen LogP contribution in [0, 0.1) is 0 Å². The Kier molecular flexibility index (Phi) is 5.44. The lowest BCUT2D eigenvalue weighted by atomic mass is 10.2. The van der Waals surface area contributed by atoms with Crippen LogP contribution in [0.4, 0.5) is 5.69 Å². The van der Waals surface area contributed by atoms with E-state index in [1.807, 2.05) is 35.2 Å². The molecular weight excluding hydrogens is 435 g/mol. The van der Waals surface area contributed by atoms with Crippen LogP contribution in [-0.4, -0.2) is 40.4 Å². The Balaban J connectivity index is 1.43. The van der Waals surface area contributed by atoms with Crippen LogP contribution < -0.4 is 10.5 Å². The van der Waals surface area contributed by atoms with Crippen LogP contribution in [0.25, 0.3) is 16.7 Å². The number of fused-ring (bicyclic) bond motifs is 1. The van der Waals surface area contributed by atoms with Gasteiger partial charge in [0.2, 0.25) is 0 Å². The molecule has 0 amide bonds. The summed E-state index contributed by atoms with van der Waals surface area (Å²) in [5.41, 5.74) is 3.39. The molecule has 1 fully saturated rings.